The molecule has 0 aromatic carbocycles. The molecule has 10 atom stereocenters. The largest absolute Gasteiger partial charge is 0.393 e. The van der Waals surface area contributed by atoms with Gasteiger partial charge in [-0.15, -0.1) is 0 Å². The first kappa shape index (κ1) is 21.9. The summed E-state index contributed by atoms with van der Waals surface area (Å²) in [5.41, 5.74) is 0.575. The molecule has 4 aliphatic rings. The first-order valence-corrected chi connectivity index (χ1v) is 13.2. The normalized spacial score (nSPS) is 46.9. The fraction of sp³-hybridized carbons (Fsp3) is 0.929. The van der Waals surface area contributed by atoms with Crippen LogP contribution in [0.1, 0.15) is 98.8 Å². The maximum absolute atomic E-state index is 10.2. The highest BCUT2D eigenvalue weighted by Crippen LogP contribution is 2.65. The molecule has 166 valence electrons. The molecular formula is C28H48O. The average Bonchev–Trinajstić information content (AvgIpc) is 3.05. The second-order valence-corrected chi connectivity index (χ2v) is 12.2. The van der Waals surface area contributed by atoms with E-state index in [-0.39, 0.29) is 6.10 Å². The van der Waals surface area contributed by atoms with Crippen molar-refractivity contribution in [3.63, 3.8) is 0 Å². The zero-order valence-corrected chi connectivity index (χ0v) is 19.9. The molecule has 0 heterocycles. The van der Waals surface area contributed by atoms with Crippen molar-refractivity contribution in [3.8, 4) is 0 Å². The van der Waals surface area contributed by atoms with Crippen LogP contribution in [-0.2, 0) is 0 Å². The number of hydrogen-bond donors (Lipinski definition) is 1. The van der Waals surface area contributed by atoms with Gasteiger partial charge in [0.25, 0.3) is 0 Å². The van der Waals surface area contributed by atoms with Gasteiger partial charge in [0.15, 0.2) is 0 Å². The highest BCUT2D eigenvalue weighted by atomic mass is 16.3. The minimum Gasteiger partial charge on any atom is -0.393 e. The van der Waals surface area contributed by atoms with Gasteiger partial charge >= 0.3 is 0 Å². The second kappa shape index (κ2) is 8.68. The third kappa shape index (κ3) is 3.99. The van der Waals surface area contributed by atoms with Gasteiger partial charge in [-0.2, -0.15) is 0 Å². The van der Waals surface area contributed by atoms with Gasteiger partial charge in [0.1, 0.15) is 0 Å². The van der Waals surface area contributed by atoms with Crippen LogP contribution in [0.25, 0.3) is 0 Å². The van der Waals surface area contributed by atoms with E-state index in [2.05, 4.69) is 46.8 Å². The van der Waals surface area contributed by atoms with Gasteiger partial charge in [0.05, 0.1) is 6.10 Å². The van der Waals surface area contributed by atoms with Crippen LogP contribution in [0.15, 0.2) is 12.2 Å². The Morgan fingerprint density at radius 1 is 0.897 bits per heavy atom. The third-order valence-electron chi connectivity index (χ3n) is 10.6. The Labute approximate surface area is 181 Å². The fourth-order valence-corrected chi connectivity index (χ4v) is 9.01. The van der Waals surface area contributed by atoms with Crippen LogP contribution in [0, 0.1) is 58.7 Å². The summed E-state index contributed by atoms with van der Waals surface area (Å²) in [6.45, 7) is 12.3. The highest BCUT2D eigenvalue weighted by molar-refractivity contribution is 5.09. The molecule has 0 saturated heterocycles. The fourth-order valence-electron chi connectivity index (χ4n) is 9.01. The predicted molar refractivity (Wildman–Crippen MR) is 124 cm³/mol. The highest BCUT2D eigenvalue weighted by Gasteiger charge is 2.57. The van der Waals surface area contributed by atoms with Crippen molar-refractivity contribution in [1.82, 2.24) is 0 Å². The van der Waals surface area contributed by atoms with Crippen LogP contribution in [0.4, 0.5) is 0 Å². The summed E-state index contributed by atoms with van der Waals surface area (Å²) in [5, 5.41) is 10.2. The molecule has 4 saturated carbocycles. The number of aliphatic hydroxyl groups is 1. The lowest BCUT2D eigenvalue weighted by atomic mass is 9.49. The Bertz CT molecular complexity index is 579. The van der Waals surface area contributed by atoms with E-state index in [9.17, 15) is 5.11 Å². The number of aliphatic hydroxyl groups excluding tert-OH is 1. The summed E-state index contributed by atoms with van der Waals surface area (Å²) in [5.74, 6) is 7.85. The summed E-state index contributed by atoms with van der Waals surface area (Å²) >= 11 is 0. The zero-order valence-electron chi connectivity index (χ0n) is 19.9. The molecule has 0 aromatic rings. The molecule has 0 radical (unpaired) electrons. The van der Waals surface area contributed by atoms with Crippen molar-refractivity contribution in [1.29, 1.82) is 0 Å². The standard InChI is InChI=1S/C28H48O/c1-6-20(18(2)3)8-7-19(4)26-13-14-27-25-11-9-21-17-22(29)10-12-23(21)24(25)15-16-28(26,27)5/h7-8,18-27,29H,6,9-17H2,1-5H3/b8-7+/t19-,20-,21+,22+,23+,24-,25-,26-,27+,28-/m1/s1. The second-order valence-electron chi connectivity index (χ2n) is 12.2. The zero-order chi connectivity index (χ0) is 20.8. The molecule has 4 rings (SSSR count). The van der Waals surface area contributed by atoms with E-state index in [4.69, 9.17) is 0 Å². The molecule has 0 bridgehead atoms. The molecule has 0 amide bonds. The molecule has 4 fully saturated rings. The first-order chi connectivity index (χ1) is 13.8. The molecule has 0 unspecified atom stereocenters. The Balaban J connectivity index is 1.46. The molecule has 0 spiro atoms. The van der Waals surface area contributed by atoms with Crippen molar-refractivity contribution in [2.24, 2.45) is 58.7 Å². The Kier molecular flexibility index (Phi) is 6.56. The van der Waals surface area contributed by atoms with E-state index < -0.39 is 0 Å². The predicted octanol–water partition coefficient (Wildman–Crippen LogP) is 7.49. The molecule has 1 heteroatoms. The van der Waals surface area contributed by atoms with Crippen LogP contribution < -0.4 is 0 Å². The number of rotatable bonds is 5. The molecule has 1 nitrogen and oxygen atoms in total. The van der Waals surface area contributed by atoms with Crippen molar-refractivity contribution < 1.29 is 5.11 Å². The van der Waals surface area contributed by atoms with Crippen molar-refractivity contribution in [3.05, 3.63) is 12.2 Å². The maximum Gasteiger partial charge on any atom is 0.0543 e. The number of hydrogen-bond acceptors (Lipinski definition) is 1. The first-order valence-electron chi connectivity index (χ1n) is 13.2. The van der Waals surface area contributed by atoms with Gasteiger partial charge in [-0.25, -0.2) is 0 Å². The van der Waals surface area contributed by atoms with E-state index >= 15 is 0 Å². The Hall–Kier alpha value is -0.300. The van der Waals surface area contributed by atoms with Crippen LogP contribution in [0.2, 0.25) is 0 Å². The van der Waals surface area contributed by atoms with Crippen LogP contribution >= 0.6 is 0 Å². The van der Waals surface area contributed by atoms with E-state index in [0.29, 0.717) is 5.41 Å². The van der Waals surface area contributed by atoms with E-state index in [0.717, 1.165) is 66.1 Å². The Morgan fingerprint density at radius 3 is 2.38 bits per heavy atom. The van der Waals surface area contributed by atoms with Gasteiger partial charge in [-0.05, 0) is 123 Å². The lowest BCUT2D eigenvalue weighted by Gasteiger charge is -2.56. The number of fused-ring (bicyclic) bond motifs is 5. The molecule has 1 N–H and O–H groups in total. The van der Waals surface area contributed by atoms with Gasteiger partial charge in [-0.3, -0.25) is 0 Å². The van der Waals surface area contributed by atoms with Gasteiger partial charge < -0.3 is 5.11 Å². The summed E-state index contributed by atoms with van der Waals surface area (Å²) in [6, 6.07) is 0. The molecule has 4 aliphatic carbocycles. The summed E-state index contributed by atoms with van der Waals surface area (Å²) in [7, 11) is 0. The van der Waals surface area contributed by atoms with Crippen molar-refractivity contribution in [2.75, 3.05) is 0 Å². The quantitative estimate of drug-likeness (QED) is 0.474. The van der Waals surface area contributed by atoms with Gasteiger partial charge in [0, 0.05) is 0 Å². The maximum atomic E-state index is 10.2. The van der Waals surface area contributed by atoms with Crippen LogP contribution in [0.5, 0.6) is 0 Å². The van der Waals surface area contributed by atoms with Gasteiger partial charge in [-0.1, -0.05) is 46.8 Å². The van der Waals surface area contributed by atoms with Crippen LogP contribution in [0.3, 0.4) is 0 Å². The molecule has 29 heavy (non-hydrogen) atoms. The lowest BCUT2D eigenvalue weighted by molar-refractivity contribution is -0.0800. The monoisotopic (exact) mass is 400 g/mol. The summed E-state index contributed by atoms with van der Waals surface area (Å²) in [6.07, 6.45) is 18.7. The molecule has 0 aromatic heterocycles. The minimum absolute atomic E-state index is 0.00272. The van der Waals surface area contributed by atoms with Crippen molar-refractivity contribution >= 4 is 0 Å². The smallest absolute Gasteiger partial charge is 0.0543 e. The lowest BCUT2D eigenvalue weighted by Crippen LogP contribution is -2.49. The van der Waals surface area contributed by atoms with Crippen LogP contribution in [-0.4, -0.2) is 11.2 Å². The summed E-state index contributed by atoms with van der Waals surface area (Å²) < 4.78 is 0. The van der Waals surface area contributed by atoms with E-state index in [1.807, 2.05) is 0 Å². The topological polar surface area (TPSA) is 20.2 Å². The van der Waals surface area contributed by atoms with E-state index in [1.54, 1.807) is 0 Å². The molecule has 0 aliphatic heterocycles. The molecular weight excluding hydrogens is 352 g/mol. The van der Waals surface area contributed by atoms with E-state index in [1.165, 1.54) is 51.4 Å². The van der Waals surface area contributed by atoms with Crippen molar-refractivity contribution in [2.45, 2.75) is 105 Å². The minimum atomic E-state index is 0.00272. The SMILES string of the molecule is CC[C@H](/C=C/[C@@H](C)[C@H]1CC[C@H]2[C@@H]3CC[C@H]4C[C@@H](O)CC[C@@H]4[C@H]3CC[C@]12C)C(C)C. The Morgan fingerprint density at radius 2 is 1.66 bits per heavy atom. The average molecular weight is 401 g/mol. The number of allylic oxidation sites excluding steroid dienone is 2. The summed E-state index contributed by atoms with van der Waals surface area (Å²) in [4.78, 5) is 0. The van der Waals surface area contributed by atoms with Gasteiger partial charge in [0.2, 0.25) is 0 Å². The third-order valence-corrected chi connectivity index (χ3v) is 10.6.